The Balaban J connectivity index is 0.000000188. The summed E-state index contributed by atoms with van der Waals surface area (Å²) in [6.45, 7) is 14.3. The number of halogens is 3. The molecule has 4 aliphatic heterocycles. The Morgan fingerprint density at radius 3 is 1.78 bits per heavy atom. The molecule has 14 nitrogen and oxygen atoms in total. The van der Waals surface area contributed by atoms with E-state index in [1.54, 1.807) is 24.3 Å². The fourth-order valence-corrected chi connectivity index (χ4v) is 9.48. The van der Waals surface area contributed by atoms with Gasteiger partial charge in [-0.05, 0) is 151 Å². The second-order valence-electron chi connectivity index (χ2n) is 18.3. The monoisotopic (exact) mass is 1040 g/mol. The predicted octanol–water partition coefficient (Wildman–Crippen LogP) is 10.4. The number of esters is 2. The van der Waals surface area contributed by atoms with Gasteiger partial charge in [-0.15, -0.1) is 0 Å². The van der Waals surface area contributed by atoms with Gasteiger partial charge in [0.2, 0.25) is 0 Å². The third-order valence-corrected chi connectivity index (χ3v) is 13.6. The van der Waals surface area contributed by atoms with E-state index in [4.69, 9.17) is 54.0 Å². The van der Waals surface area contributed by atoms with Crippen LogP contribution < -0.4 is 19.9 Å². The number of aliphatic carboxylic acids is 1. The van der Waals surface area contributed by atoms with Crippen LogP contribution in [0.15, 0.2) is 91.0 Å². The zero-order valence-corrected chi connectivity index (χ0v) is 44.1. The number of ether oxygens (including phenoxy) is 3. The Labute approximate surface area is 439 Å². The maximum absolute atomic E-state index is 11.6. The summed E-state index contributed by atoms with van der Waals surface area (Å²) >= 11 is 16.8. The summed E-state index contributed by atoms with van der Waals surface area (Å²) < 4.78 is 16.3. The molecule has 0 saturated carbocycles. The van der Waals surface area contributed by atoms with E-state index in [0.29, 0.717) is 61.2 Å². The average Bonchev–Trinajstić information content (AvgIpc) is 3.39. The molecule has 3 saturated heterocycles. The van der Waals surface area contributed by atoms with Crippen LogP contribution >= 0.6 is 34.8 Å². The number of carbonyl (C=O) groups is 3. The highest BCUT2D eigenvalue weighted by Crippen LogP contribution is 2.33. The lowest BCUT2D eigenvalue weighted by Crippen LogP contribution is -2.37. The van der Waals surface area contributed by atoms with Gasteiger partial charge in [-0.1, -0.05) is 82.8 Å². The molecule has 2 N–H and O–H groups in total. The SMILES string of the molecule is CCOC(=O)C1CCN(c2cccc(Cl)n2)CC1.CCOC(=O)C1CCNCC1.Cc1ccc(OCc2ccc3c(c2)CCN(C)C3)c(-c2cccc(N3CCC(C(=O)O)CC3)n2)c1.Clc1cccc(Cl)n1. The summed E-state index contributed by atoms with van der Waals surface area (Å²) in [6, 6.07) is 29.7. The number of likely N-dealkylation sites (N-methyl/N-ethyl adjacent to an activating group) is 1. The topological polar surface area (TPSA) is 160 Å². The van der Waals surface area contributed by atoms with E-state index < -0.39 is 5.97 Å². The summed E-state index contributed by atoms with van der Waals surface area (Å²) in [5.41, 5.74) is 7.02. The number of pyridine rings is 3. The van der Waals surface area contributed by atoms with Crippen molar-refractivity contribution in [3.05, 3.63) is 129 Å². The fourth-order valence-electron chi connectivity index (χ4n) is 8.95. The Hall–Kier alpha value is -5.51. The number of hydrogen-bond donors (Lipinski definition) is 2. The third kappa shape index (κ3) is 17.3. The normalized spacial score (nSPS) is 16.3. The predicted molar refractivity (Wildman–Crippen MR) is 285 cm³/mol. The lowest BCUT2D eigenvalue weighted by atomic mass is 9.97. The zero-order chi connectivity index (χ0) is 51.4. The summed E-state index contributed by atoms with van der Waals surface area (Å²) in [5.74, 6) is 1.72. The van der Waals surface area contributed by atoms with Crippen LogP contribution in [0.2, 0.25) is 15.5 Å². The van der Waals surface area contributed by atoms with Crippen molar-refractivity contribution in [2.24, 2.45) is 17.8 Å². The molecular formula is C55H68Cl3N7O7. The molecule has 17 heteroatoms. The third-order valence-electron chi connectivity index (χ3n) is 13.0. The molecule has 3 aromatic heterocycles. The van der Waals surface area contributed by atoms with Crippen LogP contribution in [-0.4, -0.2) is 109 Å². The lowest BCUT2D eigenvalue weighted by Gasteiger charge is -2.31. The van der Waals surface area contributed by atoms with E-state index in [0.717, 1.165) is 106 Å². The number of rotatable bonds is 11. The Kier molecular flexibility index (Phi) is 22.2. The molecule has 0 atom stereocenters. The quantitative estimate of drug-likeness (QED) is 0.0950. The first kappa shape index (κ1) is 55.8. The molecule has 0 bridgehead atoms. The second-order valence-corrected chi connectivity index (χ2v) is 19.4. The van der Waals surface area contributed by atoms with Gasteiger partial charge in [0.25, 0.3) is 0 Å². The molecule has 4 aliphatic rings. The number of aromatic nitrogens is 3. The van der Waals surface area contributed by atoms with Crippen LogP contribution in [-0.2, 0) is 43.4 Å². The number of nitrogens with one attached hydrogen (secondary N) is 1. The fraction of sp³-hybridized carbons (Fsp3) is 0.455. The number of anilines is 2. The molecule has 0 aliphatic carbocycles. The molecule has 9 rings (SSSR count). The molecule has 2 aromatic carbocycles. The van der Waals surface area contributed by atoms with Crippen LogP contribution in [0.3, 0.4) is 0 Å². The molecule has 7 heterocycles. The average molecular weight is 1050 g/mol. The molecular weight excluding hydrogens is 977 g/mol. The summed E-state index contributed by atoms with van der Waals surface area (Å²) in [7, 11) is 2.17. The lowest BCUT2D eigenvalue weighted by molar-refractivity contribution is -0.149. The van der Waals surface area contributed by atoms with Gasteiger partial charge in [0.05, 0.1) is 36.7 Å². The molecule has 0 radical (unpaired) electrons. The van der Waals surface area contributed by atoms with Gasteiger partial charge in [-0.3, -0.25) is 14.4 Å². The number of fused-ring (bicyclic) bond motifs is 1. The van der Waals surface area contributed by atoms with Crippen LogP contribution in [0.1, 0.15) is 74.6 Å². The van der Waals surface area contributed by atoms with E-state index >= 15 is 0 Å². The van der Waals surface area contributed by atoms with Gasteiger partial charge >= 0.3 is 17.9 Å². The molecule has 0 spiro atoms. The standard InChI is InChI=1S/C29H33N3O3.C13H17ClN2O2.C8H15NO2.C5H3Cl2N/c1-20-6-9-27(35-19-21-7-8-24-18-31(2)13-10-23(24)17-21)25(16-20)26-4-3-5-28(30-26)32-14-11-22(12-15-32)29(33)34;1-2-18-13(17)10-6-8-16(9-7-10)12-5-3-4-11(14)15-12;1-2-11-8(10)7-3-5-9-6-4-7;6-4-2-1-3-5(7)8-4/h3-9,16-17,22H,10-15,18-19H2,1-2H3,(H,33,34);3-5,10H,2,6-9H2,1H3;7,9H,2-6H2,1H3;1-3H. The van der Waals surface area contributed by atoms with Crippen LogP contribution in [0.4, 0.5) is 11.6 Å². The number of nitrogens with zero attached hydrogens (tertiary/aromatic N) is 6. The van der Waals surface area contributed by atoms with Crippen molar-refractivity contribution in [1.29, 1.82) is 0 Å². The molecule has 386 valence electrons. The molecule has 3 fully saturated rings. The van der Waals surface area contributed by atoms with Crippen molar-refractivity contribution in [2.75, 3.05) is 75.9 Å². The highest BCUT2D eigenvalue weighted by atomic mass is 35.5. The van der Waals surface area contributed by atoms with Crippen molar-refractivity contribution in [3.63, 3.8) is 0 Å². The molecule has 5 aromatic rings. The van der Waals surface area contributed by atoms with Crippen LogP contribution in [0.5, 0.6) is 5.75 Å². The minimum Gasteiger partial charge on any atom is -0.488 e. The molecule has 0 amide bonds. The largest absolute Gasteiger partial charge is 0.488 e. The van der Waals surface area contributed by atoms with Gasteiger partial charge in [-0.25, -0.2) is 15.0 Å². The van der Waals surface area contributed by atoms with Crippen molar-refractivity contribution in [2.45, 2.75) is 78.9 Å². The van der Waals surface area contributed by atoms with E-state index in [9.17, 15) is 19.5 Å². The van der Waals surface area contributed by atoms with Gasteiger partial charge < -0.3 is 39.3 Å². The van der Waals surface area contributed by atoms with Crippen LogP contribution in [0.25, 0.3) is 11.3 Å². The number of benzene rings is 2. The van der Waals surface area contributed by atoms with Gasteiger partial charge in [0.1, 0.15) is 39.5 Å². The van der Waals surface area contributed by atoms with E-state index in [2.05, 4.69) is 74.3 Å². The van der Waals surface area contributed by atoms with E-state index in [1.807, 2.05) is 50.2 Å². The number of aryl methyl sites for hydroxylation is 1. The van der Waals surface area contributed by atoms with Crippen molar-refractivity contribution in [3.8, 4) is 17.0 Å². The maximum Gasteiger partial charge on any atom is 0.309 e. The molecule has 0 unspecified atom stereocenters. The van der Waals surface area contributed by atoms with Crippen molar-refractivity contribution < 1.29 is 33.7 Å². The number of carboxylic acid groups (broad SMARTS) is 1. The maximum atomic E-state index is 11.6. The van der Waals surface area contributed by atoms with Crippen LogP contribution in [0, 0.1) is 24.7 Å². The van der Waals surface area contributed by atoms with Crippen molar-refractivity contribution >= 4 is 64.3 Å². The number of hydrogen-bond acceptors (Lipinski definition) is 13. The Morgan fingerprint density at radius 1 is 0.653 bits per heavy atom. The molecule has 72 heavy (non-hydrogen) atoms. The first-order valence-electron chi connectivity index (χ1n) is 25.0. The van der Waals surface area contributed by atoms with E-state index in [1.165, 1.54) is 16.7 Å². The number of carbonyl (C=O) groups excluding carboxylic acids is 2. The Morgan fingerprint density at radius 2 is 1.21 bits per heavy atom. The first-order chi connectivity index (χ1) is 34.8. The highest BCUT2D eigenvalue weighted by molar-refractivity contribution is 6.32. The minimum absolute atomic E-state index is 0.0194. The summed E-state index contributed by atoms with van der Waals surface area (Å²) in [6.07, 6.45) is 5.86. The number of carboxylic acids is 1. The van der Waals surface area contributed by atoms with E-state index in [-0.39, 0.29) is 29.7 Å². The number of piperidine rings is 3. The Bertz CT molecular complexity index is 2510. The van der Waals surface area contributed by atoms with Gasteiger partial charge in [0, 0.05) is 44.8 Å². The summed E-state index contributed by atoms with van der Waals surface area (Å²) in [5, 5.41) is 13.9. The zero-order valence-electron chi connectivity index (χ0n) is 41.8. The minimum atomic E-state index is -0.695. The van der Waals surface area contributed by atoms with Gasteiger partial charge in [0.15, 0.2) is 0 Å². The highest BCUT2D eigenvalue weighted by Gasteiger charge is 2.28. The van der Waals surface area contributed by atoms with Crippen molar-refractivity contribution in [1.82, 2.24) is 25.2 Å². The first-order valence-corrected chi connectivity index (χ1v) is 26.1. The smallest absolute Gasteiger partial charge is 0.309 e. The van der Waals surface area contributed by atoms with Gasteiger partial charge in [-0.2, -0.15) is 0 Å². The second kappa shape index (κ2) is 28.7. The summed E-state index contributed by atoms with van der Waals surface area (Å²) in [4.78, 5) is 53.7.